The normalized spacial score (nSPS) is 14.4. The van der Waals surface area contributed by atoms with Crippen LogP contribution in [0.2, 0.25) is 0 Å². The standard InChI is InChI=1S/C18H18F4N2O/c1-17(2,25)9-24-10-23-15-6-3-11(7-16(15)24)13-5-4-12(8-14(13)19)18(20,21)22/h3-8,23,25H,9-10H2,1-2H3. The number of fused-ring (bicyclic) bond motifs is 1. The van der Waals surface area contributed by atoms with Gasteiger partial charge < -0.3 is 15.3 Å². The van der Waals surface area contributed by atoms with Gasteiger partial charge in [0.1, 0.15) is 5.82 Å². The molecule has 0 spiro atoms. The Morgan fingerprint density at radius 1 is 1.12 bits per heavy atom. The average molecular weight is 354 g/mol. The predicted octanol–water partition coefficient (Wildman–Crippen LogP) is 4.47. The van der Waals surface area contributed by atoms with E-state index in [1.165, 1.54) is 0 Å². The zero-order chi connectivity index (χ0) is 18.4. The molecule has 7 heteroatoms. The van der Waals surface area contributed by atoms with E-state index in [1.807, 2.05) is 4.90 Å². The molecule has 25 heavy (non-hydrogen) atoms. The summed E-state index contributed by atoms with van der Waals surface area (Å²) in [5.74, 6) is -0.922. The Hall–Kier alpha value is -2.28. The number of benzene rings is 2. The van der Waals surface area contributed by atoms with Crippen molar-refractivity contribution in [2.24, 2.45) is 0 Å². The summed E-state index contributed by atoms with van der Waals surface area (Å²) in [7, 11) is 0. The summed E-state index contributed by atoms with van der Waals surface area (Å²) in [6.07, 6.45) is -4.58. The largest absolute Gasteiger partial charge is 0.416 e. The third-order valence-electron chi connectivity index (χ3n) is 3.98. The fourth-order valence-electron chi connectivity index (χ4n) is 2.91. The van der Waals surface area contributed by atoms with Crippen LogP contribution >= 0.6 is 0 Å². The van der Waals surface area contributed by atoms with Crippen molar-refractivity contribution in [3.63, 3.8) is 0 Å². The minimum Gasteiger partial charge on any atom is -0.389 e. The van der Waals surface area contributed by atoms with E-state index in [4.69, 9.17) is 0 Å². The van der Waals surface area contributed by atoms with Crippen molar-refractivity contribution in [2.75, 3.05) is 23.4 Å². The van der Waals surface area contributed by atoms with Gasteiger partial charge in [0.05, 0.1) is 29.2 Å². The fourth-order valence-corrected chi connectivity index (χ4v) is 2.91. The molecule has 0 unspecified atom stereocenters. The molecule has 0 fully saturated rings. The maximum absolute atomic E-state index is 14.2. The van der Waals surface area contributed by atoms with Gasteiger partial charge in [-0.15, -0.1) is 0 Å². The van der Waals surface area contributed by atoms with E-state index < -0.39 is 23.2 Å². The lowest BCUT2D eigenvalue weighted by molar-refractivity contribution is -0.137. The molecule has 0 saturated carbocycles. The zero-order valence-corrected chi connectivity index (χ0v) is 13.8. The molecule has 134 valence electrons. The minimum absolute atomic E-state index is 0.103. The molecule has 0 radical (unpaired) electrons. The average Bonchev–Trinajstić information content (AvgIpc) is 2.86. The van der Waals surface area contributed by atoms with Crippen LogP contribution in [0, 0.1) is 5.82 Å². The van der Waals surface area contributed by atoms with Gasteiger partial charge in [-0.1, -0.05) is 12.1 Å². The van der Waals surface area contributed by atoms with Gasteiger partial charge in [-0.25, -0.2) is 4.39 Å². The molecular weight excluding hydrogens is 336 g/mol. The molecule has 1 heterocycles. The number of halogens is 4. The van der Waals surface area contributed by atoms with Gasteiger partial charge in [-0.05, 0) is 43.7 Å². The van der Waals surface area contributed by atoms with Gasteiger partial charge in [0.2, 0.25) is 0 Å². The lowest BCUT2D eigenvalue weighted by Gasteiger charge is -2.26. The van der Waals surface area contributed by atoms with Crippen molar-refractivity contribution in [1.82, 2.24) is 0 Å². The number of β-amino-alcohol motifs (C(OH)–C–C–N with tert-alkyl or cyclic N) is 1. The monoisotopic (exact) mass is 354 g/mol. The highest BCUT2D eigenvalue weighted by Gasteiger charge is 2.31. The zero-order valence-electron chi connectivity index (χ0n) is 13.8. The van der Waals surface area contributed by atoms with Crippen molar-refractivity contribution >= 4 is 11.4 Å². The smallest absolute Gasteiger partial charge is 0.389 e. The Kier molecular flexibility index (Phi) is 4.15. The van der Waals surface area contributed by atoms with Crippen LogP contribution in [-0.2, 0) is 6.18 Å². The third-order valence-corrected chi connectivity index (χ3v) is 3.98. The molecule has 0 bridgehead atoms. The Morgan fingerprint density at radius 2 is 1.84 bits per heavy atom. The molecule has 0 amide bonds. The molecule has 0 aromatic heterocycles. The van der Waals surface area contributed by atoms with Gasteiger partial charge in [0, 0.05) is 12.1 Å². The molecule has 0 atom stereocenters. The van der Waals surface area contributed by atoms with Crippen molar-refractivity contribution in [3.05, 3.63) is 47.8 Å². The molecule has 0 saturated heterocycles. The van der Waals surface area contributed by atoms with Gasteiger partial charge in [0.15, 0.2) is 0 Å². The second kappa shape index (κ2) is 5.91. The lowest BCUT2D eigenvalue weighted by Crippen LogP contribution is -2.38. The molecule has 1 aliphatic rings. The van der Waals surface area contributed by atoms with Crippen LogP contribution in [0.1, 0.15) is 19.4 Å². The van der Waals surface area contributed by atoms with E-state index in [2.05, 4.69) is 5.32 Å². The van der Waals surface area contributed by atoms with Crippen LogP contribution < -0.4 is 10.2 Å². The van der Waals surface area contributed by atoms with Crippen LogP contribution in [0.4, 0.5) is 28.9 Å². The molecule has 3 rings (SSSR count). The third kappa shape index (κ3) is 3.71. The Balaban J connectivity index is 1.96. The van der Waals surface area contributed by atoms with E-state index in [0.717, 1.165) is 23.5 Å². The number of hydrogen-bond acceptors (Lipinski definition) is 3. The van der Waals surface area contributed by atoms with Gasteiger partial charge in [0.25, 0.3) is 0 Å². The Labute approximate surface area is 142 Å². The topological polar surface area (TPSA) is 35.5 Å². The van der Waals surface area contributed by atoms with Crippen LogP contribution in [-0.4, -0.2) is 23.9 Å². The van der Waals surface area contributed by atoms with E-state index in [-0.39, 0.29) is 5.56 Å². The van der Waals surface area contributed by atoms with Gasteiger partial charge >= 0.3 is 6.18 Å². The summed E-state index contributed by atoms with van der Waals surface area (Å²) in [6, 6.07) is 7.65. The summed E-state index contributed by atoms with van der Waals surface area (Å²) in [5.41, 5.74) is 0.263. The fraction of sp³-hybridized carbons (Fsp3) is 0.333. The first-order chi connectivity index (χ1) is 11.5. The number of rotatable bonds is 3. The van der Waals surface area contributed by atoms with Crippen LogP contribution in [0.25, 0.3) is 11.1 Å². The predicted molar refractivity (Wildman–Crippen MR) is 89.0 cm³/mol. The van der Waals surface area contributed by atoms with Crippen molar-refractivity contribution in [3.8, 4) is 11.1 Å². The van der Waals surface area contributed by atoms with Crippen molar-refractivity contribution in [2.45, 2.75) is 25.6 Å². The summed E-state index contributed by atoms with van der Waals surface area (Å²) in [6.45, 7) is 4.24. The van der Waals surface area contributed by atoms with Crippen molar-refractivity contribution in [1.29, 1.82) is 0 Å². The first-order valence-corrected chi connectivity index (χ1v) is 7.77. The summed E-state index contributed by atoms with van der Waals surface area (Å²) < 4.78 is 52.3. The number of nitrogens with one attached hydrogen (secondary N) is 1. The van der Waals surface area contributed by atoms with Crippen LogP contribution in [0.3, 0.4) is 0 Å². The number of nitrogens with zero attached hydrogens (tertiary/aromatic N) is 1. The minimum atomic E-state index is -4.58. The second-order valence-electron chi connectivity index (χ2n) is 6.77. The Bertz CT molecular complexity index is 797. The van der Waals surface area contributed by atoms with Crippen molar-refractivity contribution < 1.29 is 22.7 Å². The quantitative estimate of drug-likeness (QED) is 0.798. The SMILES string of the molecule is CC(C)(O)CN1CNc2ccc(-c3ccc(C(F)(F)F)cc3F)cc21. The number of alkyl halides is 3. The number of aliphatic hydroxyl groups is 1. The van der Waals surface area contributed by atoms with Crippen LogP contribution in [0.15, 0.2) is 36.4 Å². The van der Waals surface area contributed by atoms with Gasteiger partial charge in [-0.3, -0.25) is 0 Å². The summed E-state index contributed by atoms with van der Waals surface area (Å²) >= 11 is 0. The molecule has 0 aliphatic carbocycles. The van der Waals surface area contributed by atoms with Gasteiger partial charge in [-0.2, -0.15) is 13.2 Å². The first-order valence-electron chi connectivity index (χ1n) is 7.77. The molecule has 2 N–H and O–H groups in total. The van der Waals surface area contributed by atoms with E-state index in [1.54, 1.807) is 32.0 Å². The second-order valence-corrected chi connectivity index (χ2v) is 6.77. The van der Waals surface area contributed by atoms with E-state index >= 15 is 0 Å². The Morgan fingerprint density at radius 3 is 2.44 bits per heavy atom. The number of hydrogen-bond donors (Lipinski definition) is 2. The summed E-state index contributed by atoms with van der Waals surface area (Å²) in [5, 5.41) is 13.2. The van der Waals surface area contributed by atoms with E-state index in [9.17, 15) is 22.7 Å². The lowest BCUT2D eigenvalue weighted by atomic mass is 10.0. The molecule has 3 nitrogen and oxygen atoms in total. The maximum Gasteiger partial charge on any atom is 0.416 e. The molecule has 2 aromatic carbocycles. The highest BCUT2D eigenvalue weighted by Crippen LogP contribution is 2.38. The maximum atomic E-state index is 14.2. The highest BCUT2D eigenvalue weighted by atomic mass is 19.4. The molecular formula is C18H18F4N2O. The molecule has 2 aromatic rings. The number of anilines is 2. The van der Waals surface area contributed by atoms with Crippen LogP contribution in [0.5, 0.6) is 0 Å². The summed E-state index contributed by atoms with van der Waals surface area (Å²) in [4.78, 5) is 1.90. The van der Waals surface area contributed by atoms with E-state index in [0.29, 0.717) is 24.8 Å². The molecule has 1 aliphatic heterocycles. The first kappa shape index (κ1) is 17.5. The highest BCUT2D eigenvalue weighted by molar-refractivity contribution is 5.81.